The summed E-state index contributed by atoms with van der Waals surface area (Å²) in [6, 6.07) is 12.9. The number of hydrogen-bond donors (Lipinski definition) is 3. The van der Waals surface area contributed by atoms with E-state index in [0.717, 1.165) is 29.7 Å². The van der Waals surface area contributed by atoms with Crippen LogP contribution in [0.1, 0.15) is 10.4 Å². The van der Waals surface area contributed by atoms with E-state index in [-0.39, 0.29) is 11.8 Å². The number of nitrogens with zero attached hydrogens (tertiary/aromatic N) is 5. The van der Waals surface area contributed by atoms with Crippen molar-refractivity contribution in [2.24, 2.45) is 0 Å². The highest BCUT2D eigenvalue weighted by atomic mass is 16.5. The fourth-order valence-corrected chi connectivity index (χ4v) is 4.20. The largest absolute Gasteiger partial charge is 0.494 e. The van der Waals surface area contributed by atoms with Gasteiger partial charge in [0.1, 0.15) is 11.6 Å². The summed E-state index contributed by atoms with van der Waals surface area (Å²) >= 11 is 0. The third-order valence-corrected chi connectivity index (χ3v) is 6.37. The molecule has 2 amide bonds. The van der Waals surface area contributed by atoms with Gasteiger partial charge in [0.2, 0.25) is 11.9 Å². The molecule has 11 heteroatoms. The molecule has 208 valence electrons. The van der Waals surface area contributed by atoms with Crippen LogP contribution in [0.3, 0.4) is 0 Å². The highest BCUT2D eigenvalue weighted by molar-refractivity contribution is 6.02. The number of ether oxygens (including phenoxy) is 1. The van der Waals surface area contributed by atoms with Crippen LogP contribution < -0.4 is 25.6 Å². The summed E-state index contributed by atoms with van der Waals surface area (Å²) in [7, 11) is 9.17. The van der Waals surface area contributed by atoms with E-state index in [0.29, 0.717) is 34.5 Å². The van der Waals surface area contributed by atoms with Crippen LogP contribution in [-0.2, 0) is 4.79 Å². The zero-order valence-corrected chi connectivity index (χ0v) is 23.4. The SMILES string of the molecule is C=CC(=O)Nc1cc(Nc2nccc(-n3ccc4cc(C(=O)NC)ccc43)n2)c(OC)cc1N(C)CCN(C)C. The Hall–Kier alpha value is -4.90. The number of methoxy groups -OCH3 is 1. The van der Waals surface area contributed by atoms with E-state index in [1.165, 1.54) is 6.08 Å². The lowest BCUT2D eigenvalue weighted by Gasteiger charge is -2.26. The average molecular weight is 543 g/mol. The van der Waals surface area contributed by atoms with E-state index >= 15 is 0 Å². The summed E-state index contributed by atoms with van der Waals surface area (Å²) in [4.78, 5) is 37.5. The Morgan fingerprint density at radius 3 is 2.58 bits per heavy atom. The summed E-state index contributed by atoms with van der Waals surface area (Å²) < 4.78 is 7.62. The molecule has 0 aliphatic rings. The van der Waals surface area contributed by atoms with Crippen LogP contribution in [0.15, 0.2) is 67.5 Å². The molecular formula is C29H34N8O3. The fraction of sp³-hybridized carbons (Fsp3) is 0.241. The zero-order chi connectivity index (χ0) is 28.8. The molecule has 3 N–H and O–H groups in total. The molecule has 0 bridgehead atoms. The van der Waals surface area contributed by atoms with Crippen LogP contribution >= 0.6 is 0 Å². The molecule has 0 unspecified atom stereocenters. The van der Waals surface area contributed by atoms with E-state index in [2.05, 4.69) is 37.3 Å². The lowest BCUT2D eigenvalue weighted by molar-refractivity contribution is -0.111. The van der Waals surface area contributed by atoms with Crippen molar-refractivity contribution in [3.05, 3.63) is 73.1 Å². The van der Waals surface area contributed by atoms with Crippen molar-refractivity contribution < 1.29 is 14.3 Å². The lowest BCUT2D eigenvalue weighted by atomic mass is 10.1. The van der Waals surface area contributed by atoms with Gasteiger partial charge in [-0.1, -0.05) is 6.58 Å². The predicted octanol–water partition coefficient (Wildman–Crippen LogP) is 3.65. The molecule has 0 fully saturated rings. The van der Waals surface area contributed by atoms with Crippen molar-refractivity contribution >= 4 is 45.7 Å². The summed E-state index contributed by atoms with van der Waals surface area (Å²) in [5.41, 5.74) is 3.45. The Balaban J connectivity index is 1.68. The second kappa shape index (κ2) is 12.3. The normalized spacial score (nSPS) is 10.8. The second-order valence-electron chi connectivity index (χ2n) is 9.39. The van der Waals surface area contributed by atoms with E-state index in [1.54, 1.807) is 38.6 Å². The number of anilines is 4. The van der Waals surface area contributed by atoms with Crippen LogP contribution in [0.25, 0.3) is 16.7 Å². The van der Waals surface area contributed by atoms with Crippen molar-refractivity contribution in [3.63, 3.8) is 0 Å². The van der Waals surface area contributed by atoms with Gasteiger partial charge in [-0.25, -0.2) is 4.98 Å². The smallest absolute Gasteiger partial charge is 0.251 e. The van der Waals surface area contributed by atoms with Crippen molar-refractivity contribution in [3.8, 4) is 11.6 Å². The van der Waals surface area contributed by atoms with Crippen molar-refractivity contribution in [2.75, 3.05) is 63.9 Å². The van der Waals surface area contributed by atoms with Crippen molar-refractivity contribution in [1.82, 2.24) is 24.8 Å². The third kappa shape index (κ3) is 6.21. The number of likely N-dealkylation sites (N-methyl/N-ethyl adjacent to an activating group) is 2. The highest BCUT2D eigenvalue weighted by Gasteiger charge is 2.17. The van der Waals surface area contributed by atoms with E-state index < -0.39 is 0 Å². The van der Waals surface area contributed by atoms with Crippen LogP contribution in [-0.4, -0.2) is 79.6 Å². The van der Waals surface area contributed by atoms with E-state index in [1.807, 2.05) is 56.2 Å². The molecule has 2 aromatic heterocycles. The topological polar surface area (TPSA) is 117 Å². The number of rotatable bonds is 11. The number of nitrogens with one attached hydrogen (secondary N) is 3. The maximum Gasteiger partial charge on any atom is 0.251 e. The molecule has 4 aromatic rings. The molecule has 4 rings (SSSR count). The molecule has 0 saturated carbocycles. The number of carbonyl (C=O) groups is 2. The van der Waals surface area contributed by atoms with Gasteiger partial charge in [0.25, 0.3) is 5.91 Å². The first-order valence-corrected chi connectivity index (χ1v) is 12.7. The minimum Gasteiger partial charge on any atom is -0.494 e. The lowest BCUT2D eigenvalue weighted by Crippen LogP contribution is -2.29. The Kier molecular flexibility index (Phi) is 8.65. The molecule has 2 heterocycles. The minimum absolute atomic E-state index is 0.143. The average Bonchev–Trinajstić information content (AvgIpc) is 3.39. The molecule has 0 aliphatic heterocycles. The number of benzene rings is 2. The summed E-state index contributed by atoms with van der Waals surface area (Å²) in [5, 5.41) is 9.69. The number of aromatic nitrogens is 3. The second-order valence-corrected chi connectivity index (χ2v) is 9.39. The Bertz CT molecular complexity index is 1550. The standard InChI is InChI=1S/C29H34N8O3/c1-7-27(38)32-21-17-22(25(40-6)18-24(21)36(5)15-14-35(3)4)33-29-31-12-10-26(34-29)37-13-11-19-16-20(28(39)30-2)8-9-23(19)37/h7-13,16-18H,1,14-15H2,2-6H3,(H,30,39)(H,32,38)(H,31,33,34). The summed E-state index contributed by atoms with van der Waals surface area (Å²) in [6.07, 6.45) is 4.78. The van der Waals surface area contributed by atoms with Gasteiger partial charge < -0.3 is 35.1 Å². The van der Waals surface area contributed by atoms with Crippen LogP contribution in [0.5, 0.6) is 5.75 Å². The van der Waals surface area contributed by atoms with E-state index in [9.17, 15) is 9.59 Å². The summed E-state index contributed by atoms with van der Waals surface area (Å²) in [5.74, 6) is 1.07. The van der Waals surface area contributed by atoms with E-state index in [4.69, 9.17) is 9.72 Å². The number of fused-ring (bicyclic) bond motifs is 1. The van der Waals surface area contributed by atoms with Crippen LogP contribution in [0, 0.1) is 0 Å². The monoisotopic (exact) mass is 542 g/mol. The van der Waals surface area contributed by atoms with Gasteiger partial charge in [0.05, 0.1) is 29.7 Å². The highest BCUT2D eigenvalue weighted by Crippen LogP contribution is 2.38. The molecule has 2 aromatic carbocycles. The maximum absolute atomic E-state index is 12.2. The fourth-order valence-electron chi connectivity index (χ4n) is 4.20. The molecule has 0 saturated heterocycles. The number of amides is 2. The molecule has 0 radical (unpaired) electrons. The predicted molar refractivity (Wildman–Crippen MR) is 159 cm³/mol. The van der Waals surface area contributed by atoms with Gasteiger partial charge in [-0.3, -0.25) is 9.59 Å². The molecular weight excluding hydrogens is 508 g/mol. The molecule has 40 heavy (non-hydrogen) atoms. The van der Waals surface area contributed by atoms with Crippen molar-refractivity contribution in [2.45, 2.75) is 0 Å². The maximum atomic E-state index is 12.2. The minimum atomic E-state index is -0.323. The van der Waals surface area contributed by atoms with Crippen molar-refractivity contribution in [1.29, 1.82) is 0 Å². The molecule has 0 spiro atoms. The molecule has 0 atom stereocenters. The third-order valence-electron chi connectivity index (χ3n) is 6.37. The van der Waals surface area contributed by atoms with Crippen LogP contribution in [0.2, 0.25) is 0 Å². The van der Waals surface area contributed by atoms with Gasteiger partial charge in [0.15, 0.2) is 0 Å². The quantitative estimate of drug-likeness (QED) is 0.246. The van der Waals surface area contributed by atoms with Crippen LogP contribution in [0.4, 0.5) is 23.0 Å². The van der Waals surface area contributed by atoms with Gasteiger partial charge >= 0.3 is 0 Å². The Morgan fingerprint density at radius 1 is 1.07 bits per heavy atom. The zero-order valence-electron chi connectivity index (χ0n) is 23.4. The molecule has 0 aliphatic carbocycles. The Morgan fingerprint density at radius 2 is 1.88 bits per heavy atom. The first kappa shape index (κ1) is 28.1. The summed E-state index contributed by atoms with van der Waals surface area (Å²) in [6.45, 7) is 5.14. The van der Waals surface area contributed by atoms with Gasteiger partial charge in [-0.2, -0.15) is 4.98 Å². The van der Waals surface area contributed by atoms with Gasteiger partial charge in [0, 0.05) is 56.6 Å². The number of carbonyl (C=O) groups excluding carboxylic acids is 2. The first-order chi connectivity index (χ1) is 19.2. The number of hydrogen-bond acceptors (Lipinski definition) is 8. The van der Waals surface area contributed by atoms with Gasteiger partial charge in [-0.05, 0) is 56.6 Å². The molecule has 11 nitrogen and oxygen atoms in total. The van der Waals surface area contributed by atoms with Gasteiger partial charge in [-0.15, -0.1) is 0 Å². The Labute approximate surface area is 233 Å². The first-order valence-electron chi connectivity index (χ1n) is 12.7.